The van der Waals surface area contributed by atoms with Gasteiger partial charge in [0.25, 0.3) is 0 Å². The molecule has 2 nitrogen and oxygen atoms in total. The fourth-order valence-corrected chi connectivity index (χ4v) is 1.53. The Hall–Kier alpha value is -0.740. The van der Waals surface area contributed by atoms with Crippen LogP contribution in [0.2, 0.25) is 0 Å². The number of benzene rings is 1. The fraction of sp³-hybridized carbons (Fsp3) is 0.500. The Kier molecular flexibility index (Phi) is 6.26. The quantitative estimate of drug-likeness (QED) is 0.570. The summed E-state index contributed by atoms with van der Waals surface area (Å²) in [4.78, 5) is 0. The number of ether oxygens (including phenoxy) is 1. The third kappa shape index (κ3) is 4.86. The summed E-state index contributed by atoms with van der Waals surface area (Å²) in [5.41, 5.74) is 5.71. The second-order valence-electron chi connectivity index (χ2n) is 3.72. The van der Waals surface area contributed by atoms with E-state index in [-0.39, 0.29) is 11.9 Å². The summed E-state index contributed by atoms with van der Waals surface area (Å²) in [6.45, 7) is 0.528. The Morgan fingerprint density at radius 1 is 1.31 bits per heavy atom. The van der Waals surface area contributed by atoms with Gasteiger partial charge >= 0.3 is 0 Å². The van der Waals surface area contributed by atoms with E-state index in [1.807, 2.05) is 0 Å². The van der Waals surface area contributed by atoms with E-state index in [9.17, 15) is 4.39 Å². The van der Waals surface area contributed by atoms with Crippen molar-refractivity contribution in [2.45, 2.75) is 25.3 Å². The van der Waals surface area contributed by atoms with Crippen molar-refractivity contribution >= 4 is 12.6 Å². The van der Waals surface area contributed by atoms with Crippen LogP contribution in [0.5, 0.6) is 5.75 Å². The third-order valence-electron chi connectivity index (χ3n) is 2.30. The van der Waals surface area contributed by atoms with Crippen molar-refractivity contribution < 1.29 is 9.13 Å². The first-order valence-electron chi connectivity index (χ1n) is 5.48. The van der Waals surface area contributed by atoms with Crippen LogP contribution in [0.4, 0.5) is 4.39 Å². The van der Waals surface area contributed by atoms with Gasteiger partial charge in [-0.15, -0.1) is 0 Å². The molecule has 0 aliphatic carbocycles. The molecule has 4 heteroatoms. The molecule has 1 atom stereocenters. The molecule has 0 spiro atoms. The van der Waals surface area contributed by atoms with E-state index in [2.05, 4.69) is 12.6 Å². The van der Waals surface area contributed by atoms with Crippen LogP contribution in [0, 0.1) is 5.82 Å². The molecule has 0 amide bonds. The molecule has 0 aliphatic heterocycles. The van der Waals surface area contributed by atoms with Crippen molar-refractivity contribution in [3.63, 3.8) is 0 Å². The smallest absolute Gasteiger partial charge is 0.165 e. The second-order valence-corrected chi connectivity index (χ2v) is 4.08. The van der Waals surface area contributed by atoms with E-state index >= 15 is 0 Å². The Morgan fingerprint density at radius 3 is 2.75 bits per heavy atom. The Bertz CT molecular complexity index is 309. The highest BCUT2D eigenvalue weighted by molar-refractivity contribution is 7.80. The molecule has 1 rings (SSSR count). The van der Waals surface area contributed by atoms with Crippen molar-refractivity contribution in [3.05, 3.63) is 30.1 Å². The van der Waals surface area contributed by atoms with Crippen molar-refractivity contribution in [1.82, 2.24) is 0 Å². The number of para-hydroxylation sites is 1. The summed E-state index contributed by atoms with van der Waals surface area (Å²) >= 11 is 4.11. The van der Waals surface area contributed by atoms with E-state index in [1.54, 1.807) is 18.2 Å². The molecule has 0 unspecified atom stereocenters. The summed E-state index contributed by atoms with van der Waals surface area (Å²) in [6.07, 6.45) is 2.80. The highest BCUT2D eigenvalue weighted by Gasteiger charge is 2.02. The van der Waals surface area contributed by atoms with Crippen LogP contribution in [0.25, 0.3) is 0 Å². The molecule has 0 aromatic heterocycles. The van der Waals surface area contributed by atoms with E-state index in [0.29, 0.717) is 18.1 Å². The summed E-state index contributed by atoms with van der Waals surface area (Å²) in [7, 11) is 0. The molecule has 16 heavy (non-hydrogen) atoms. The number of hydrogen-bond acceptors (Lipinski definition) is 3. The molecule has 1 aromatic rings. The van der Waals surface area contributed by atoms with E-state index in [4.69, 9.17) is 10.5 Å². The average Bonchev–Trinajstić information content (AvgIpc) is 2.30. The Balaban J connectivity index is 2.14. The van der Waals surface area contributed by atoms with Gasteiger partial charge in [-0.05, 0) is 31.4 Å². The third-order valence-corrected chi connectivity index (χ3v) is 2.77. The molecule has 2 N–H and O–H groups in total. The molecule has 0 bridgehead atoms. The number of hydrogen-bond donors (Lipinski definition) is 2. The number of halogens is 1. The van der Waals surface area contributed by atoms with Gasteiger partial charge in [-0.1, -0.05) is 12.1 Å². The van der Waals surface area contributed by atoms with Gasteiger partial charge in [0, 0.05) is 11.8 Å². The van der Waals surface area contributed by atoms with Gasteiger partial charge in [0.2, 0.25) is 0 Å². The Morgan fingerprint density at radius 2 is 2.06 bits per heavy atom. The summed E-state index contributed by atoms with van der Waals surface area (Å²) in [6, 6.07) is 6.58. The van der Waals surface area contributed by atoms with Gasteiger partial charge in [0.15, 0.2) is 11.6 Å². The topological polar surface area (TPSA) is 35.2 Å². The van der Waals surface area contributed by atoms with E-state index < -0.39 is 0 Å². The maximum absolute atomic E-state index is 13.1. The van der Waals surface area contributed by atoms with Crippen molar-refractivity contribution in [3.8, 4) is 5.75 Å². The average molecular weight is 243 g/mol. The fourth-order valence-electron chi connectivity index (χ4n) is 1.34. The van der Waals surface area contributed by atoms with Crippen LogP contribution in [-0.2, 0) is 0 Å². The summed E-state index contributed by atoms with van der Waals surface area (Å²) in [5, 5.41) is 0. The lowest BCUT2D eigenvalue weighted by atomic mass is 10.1. The van der Waals surface area contributed by atoms with Crippen LogP contribution in [-0.4, -0.2) is 18.4 Å². The lowest BCUT2D eigenvalue weighted by molar-refractivity contribution is 0.289. The minimum atomic E-state index is -0.311. The van der Waals surface area contributed by atoms with Crippen LogP contribution in [0.3, 0.4) is 0 Å². The largest absolute Gasteiger partial charge is 0.491 e. The molecule has 0 heterocycles. The van der Waals surface area contributed by atoms with Crippen molar-refractivity contribution in [1.29, 1.82) is 0 Å². The second kappa shape index (κ2) is 7.52. The normalized spacial score (nSPS) is 12.4. The number of unbranched alkanes of at least 4 members (excludes halogenated alkanes) is 1. The lowest BCUT2D eigenvalue weighted by Crippen LogP contribution is -2.21. The van der Waals surface area contributed by atoms with Crippen molar-refractivity contribution in [2.75, 3.05) is 12.4 Å². The van der Waals surface area contributed by atoms with Crippen LogP contribution >= 0.6 is 12.6 Å². The zero-order valence-corrected chi connectivity index (χ0v) is 10.1. The highest BCUT2D eigenvalue weighted by Crippen LogP contribution is 2.15. The number of nitrogens with two attached hydrogens (primary N) is 1. The summed E-state index contributed by atoms with van der Waals surface area (Å²) in [5.74, 6) is 0.712. The van der Waals surface area contributed by atoms with Crippen molar-refractivity contribution in [2.24, 2.45) is 5.73 Å². The van der Waals surface area contributed by atoms with Gasteiger partial charge in [-0.3, -0.25) is 0 Å². The lowest BCUT2D eigenvalue weighted by Gasteiger charge is -2.09. The monoisotopic (exact) mass is 243 g/mol. The predicted molar refractivity (Wildman–Crippen MR) is 67.6 cm³/mol. The van der Waals surface area contributed by atoms with E-state index in [1.165, 1.54) is 6.07 Å². The minimum absolute atomic E-state index is 0.150. The zero-order chi connectivity index (χ0) is 11.8. The molecule has 0 saturated carbocycles. The van der Waals surface area contributed by atoms with Crippen LogP contribution < -0.4 is 10.5 Å². The summed E-state index contributed by atoms with van der Waals surface area (Å²) < 4.78 is 18.4. The molecule has 0 radical (unpaired) electrons. The number of thiol groups is 1. The molecular formula is C12H18FNOS. The van der Waals surface area contributed by atoms with Crippen LogP contribution in [0.1, 0.15) is 19.3 Å². The first-order chi connectivity index (χ1) is 7.74. The first-order valence-corrected chi connectivity index (χ1v) is 6.11. The maximum Gasteiger partial charge on any atom is 0.165 e. The SMILES string of the molecule is N[C@@H](CS)CCCCOc1ccccc1F. The minimum Gasteiger partial charge on any atom is -0.491 e. The molecule has 0 aliphatic rings. The zero-order valence-electron chi connectivity index (χ0n) is 9.23. The maximum atomic E-state index is 13.1. The van der Waals surface area contributed by atoms with E-state index in [0.717, 1.165) is 19.3 Å². The van der Waals surface area contributed by atoms with Gasteiger partial charge in [-0.25, -0.2) is 4.39 Å². The van der Waals surface area contributed by atoms with Crippen LogP contribution in [0.15, 0.2) is 24.3 Å². The number of rotatable bonds is 7. The standard InChI is InChI=1S/C12H18FNOS/c13-11-6-1-2-7-12(11)15-8-4-3-5-10(14)9-16/h1-2,6-7,10,16H,3-5,8-9,14H2/t10-/m1/s1. The first kappa shape index (κ1) is 13.3. The Labute approximate surface area is 101 Å². The molecule has 1 aromatic carbocycles. The van der Waals surface area contributed by atoms with Gasteiger partial charge < -0.3 is 10.5 Å². The van der Waals surface area contributed by atoms with Gasteiger partial charge in [-0.2, -0.15) is 12.6 Å². The predicted octanol–water partition coefficient (Wildman–Crippen LogP) is 2.63. The highest BCUT2D eigenvalue weighted by atomic mass is 32.1. The van der Waals surface area contributed by atoms with Gasteiger partial charge in [0.05, 0.1) is 6.61 Å². The van der Waals surface area contributed by atoms with Gasteiger partial charge in [0.1, 0.15) is 0 Å². The molecule has 0 fully saturated rings. The molecular weight excluding hydrogens is 225 g/mol. The molecule has 0 saturated heterocycles. The molecule has 90 valence electrons.